The van der Waals surface area contributed by atoms with Crippen LogP contribution in [0.15, 0.2) is 29.0 Å². The molecule has 2 unspecified atom stereocenters. The minimum atomic E-state index is -2.84. The zero-order valence-corrected chi connectivity index (χ0v) is 19.4. The summed E-state index contributed by atoms with van der Waals surface area (Å²) in [4.78, 5) is 39.0. The quantitative estimate of drug-likeness (QED) is 0.0716. The number of nitrogens with two attached hydrogens (primary N) is 2. The van der Waals surface area contributed by atoms with Crippen LogP contribution in [-0.2, 0) is 20.8 Å². The van der Waals surface area contributed by atoms with E-state index in [9.17, 15) is 29.7 Å². The van der Waals surface area contributed by atoms with Gasteiger partial charge in [-0.1, -0.05) is 0 Å². The van der Waals surface area contributed by atoms with E-state index in [4.69, 9.17) is 11.5 Å². The fourth-order valence-corrected chi connectivity index (χ4v) is 11.8. The number of hydrogen-bond acceptors (Lipinski definition) is 8. The molecule has 2 aliphatic carbocycles. The molecule has 1 amide bonds. The Hall–Kier alpha value is -2.60. The third-order valence-electron chi connectivity index (χ3n) is 6.47. The number of allylic oxidation sites excluding steroid dienone is 2. The Morgan fingerprint density at radius 2 is 1.87 bits per heavy atom. The number of phenolic OH excluding ortho intramolecular Hbond substituents is 1. The first kappa shape index (κ1) is 21.6. The summed E-state index contributed by atoms with van der Waals surface area (Å²) in [6.07, 6.45) is 0.660. The predicted molar refractivity (Wildman–Crippen MR) is 122 cm³/mol. The van der Waals surface area contributed by atoms with E-state index >= 15 is 0 Å². The summed E-state index contributed by atoms with van der Waals surface area (Å²) in [6.45, 7) is 1.50. The summed E-state index contributed by atoms with van der Waals surface area (Å²) in [5, 5.41) is 32.3. The van der Waals surface area contributed by atoms with E-state index in [1.807, 2.05) is 0 Å². The van der Waals surface area contributed by atoms with Crippen molar-refractivity contribution in [2.45, 2.75) is 23.7 Å². The van der Waals surface area contributed by atoms with Crippen molar-refractivity contribution < 1.29 is 29.7 Å². The maximum atomic E-state index is 13.8. The Bertz CT molecular complexity index is 1120. The van der Waals surface area contributed by atoms with E-state index in [2.05, 4.69) is 0 Å². The number of fused-ring (bicyclic) bond motifs is 3. The first-order chi connectivity index (χ1) is 14.4. The number of rotatable bonds is 2. The Balaban J connectivity index is 1.99. The molecule has 1 fully saturated rings. The number of nitrogen functional groups attached to an aromatic ring is 1. The Morgan fingerprint density at radius 1 is 1.23 bits per heavy atom. The molecule has 0 aromatic heterocycles. The summed E-state index contributed by atoms with van der Waals surface area (Å²) >= 11 is -2.84. The van der Waals surface area contributed by atoms with Crippen LogP contribution in [0.5, 0.6) is 5.75 Å². The van der Waals surface area contributed by atoms with Gasteiger partial charge in [-0.2, -0.15) is 0 Å². The molecule has 1 aromatic rings. The first-order valence-corrected chi connectivity index (χ1v) is 12.9. The number of halogens is 1. The normalized spacial score (nSPS) is 29.1. The molecule has 3 aliphatic rings. The van der Waals surface area contributed by atoms with Gasteiger partial charge in [-0.25, -0.2) is 0 Å². The number of nitrogens with zero attached hydrogens (tertiary/aromatic N) is 1. The second-order valence-corrected chi connectivity index (χ2v) is 14.4. The molecular weight excluding hydrogens is 517 g/mol. The van der Waals surface area contributed by atoms with Crippen LogP contribution >= 0.6 is 20.1 Å². The van der Waals surface area contributed by atoms with Gasteiger partial charge in [-0.3, -0.25) is 0 Å². The van der Waals surface area contributed by atoms with Gasteiger partial charge in [0.15, 0.2) is 0 Å². The number of ketones is 1. The number of aliphatic hydroxyl groups is 2. The monoisotopic (exact) mass is 541 g/mol. The molecule has 0 radical (unpaired) electrons. The second kappa shape index (κ2) is 6.95. The number of anilines is 1. The van der Waals surface area contributed by atoms with Crippen LogP contribution in [0.4, 0.5) is 5.69 Å². The van der Waals surface area contributed by atoms with E-state index < -0.39 is 62.2 Å². The number of phenols is 1. The average molecular weight is 541 g/mol. The van der Waals surface area contributed by atoms with Crippen molar-refractivity contribution in [1.82, 2.24) is 3.11 Å². The molecule has 1 saturated carbocycles. The van der Waals surface area contributed by atoms with Crippen molar-refractivity contribution in [1.29, 1.82) is 0 Å². The number of carbonyl (C=O) groups excluding carboxylic acids is 3. The molecule has 1 heterocycles. The minimum absolute atomic E-state index is 0.0754. The van der Waals surface area contributed by atoms with Crippen molar-refractivity contribution in [3.63, 3.8) is 0 Å². The number of carbonyl (C=O) groups is 3. The van der Waals surface area contributed by atoms with Gasteiger partial charge in [0.05, 0.1) is 0 Å². The third kappa shape index (κ3) is 2.73. The third-order valence-corrected chi connectivity index (χ3v) is 13.3. The topological polar surface area (TPSA) is 167 Å². The summed E-state index contributed by atoms with van der Waals surface area (Å²) < 4.78 is 0.791. The summed E-state index contributed by atoms with van der Waals surface area (Å²) in [7, 11) is 3.45. The zero-order valence-electron chi connectivity index (χ0n) is 17.3. The van der Waals surface area contributed by atoms with E-state index in [1.165, 1.54) is 19.1 Å². The number of aliphatic hydroxyl groups excluding tert-OH is 2. The molecule has 10 heteroatoms. The molecule has 7 N–H and O–H groups in total. The molecule has 0 bridgehead atoms. The molecule has 3 atom stereocenters. The summed E-state index contributed by atoms with van der Waals surface area (Å²) in [6, 6.07) is 2.89. The summed E-state index contributed by atoms with van der Waals surface area (Å²) in [5.41, 5.74) is 10.5. The van der Waals surface area contributed by atoms with Crippen molar-refractivity contribution >= 4 is 47.0 Å². The number of primary amides is 1. The Kier molecular flexibility index (Phi) is 4.85. The predicted octanol–water partition coefficient (Wildman–Crippen LogP) is 1.58. The van der Waals surface area contributed by atoms with E-state index in [0.29, 0.717) is 24.1 Å². The molecular formula is C21H24IN3O6. The van der Waals surface area contributed by atoms with Crippen LogP contribution in [-0.4, -0.2) is 51.9 Å². The van der Waals surface area contributed by atoms with Crippen molar-refractivity contribution in [3.05, 3.63) is 40.2 Å². The van der Waals surface area contributed by atoms with Gasteiger partial charge >= 0.3 is 186 Å². The molecule has 1 aliphatic heterocycles. The van der Waals surface area contributed by atoms with Gasteiger partial charge < -0.3 is 0 Å². The SMILES string of the molecule is CN(C)I1C(=O)C(C(N)=O)=C(O)[C@@]2(C)C(=O)C3=C(O)c4c(O)ccc(N)c4CC3CC12. The molecule has 0 saturated heterocycles. The number of Topliss-reactive ketones (excluding diaryl/α,β-unsaturated/α-hetero) is 1. The Labute approximate surface area is 186 Å². The fraction of sp³-hybridized carbons (Fsp3) is 0.381. The molecule has 31 heavy (non-hydrogen) atoms. The molecule has 1 aromatic carbocycles. The number of amides is 1. The fourth-order valence-electron chi connectivity index (χ4n) is 4.93. The van der Waals surface area contributed by atoms with Crippen molar-refractivity contribution in [2.75, 3.05) is 19.8 Å². The van der Waals surface area contributed by atoms with Crippen LogP contribution in [0.25, 0.3) is 5.76 Å². The van der Waals surface area contributed by atoms with Crippen LogP contribution in [0.1, 0.15) is 24.5 Å². The molecule has 0 spiro atoms. The Morgan fingerprint density at radius 3 is 2.45 bits per heavy atom. The van der Waals surface area contributed by atoms with E-state index in [0.717, 1.165) is 0 Å². The van der Waals surface area contributed by atoms with Gasteiger partial charge in [0.2, 0.25) is 0 Å². The van der Waals surface area contributed by atoms with Crippen LogP contribution in [0.3, 0.4) is 0 Å². The van der Waals surface area contributed by atoms with Crippen LogP contribution in [0, 0.1) is 11.3 Å². The van der Waals surface area contributed by atoms with Gasteiger partial charge in [0.1, 0.15) is 0 Å². The number of aromatic hydroxyl groups is 1. The van der Waals surface area contributed by atoms with Gasteiger partial charge in [0.25, 0.3) is 0 Å². The second-order valence-electron chi connectivity index (χ2n) is 8.36. The number of benzene rings is 1. The van der Waals surface area contributed by atoms with Gasteiger partial charge in [-0.15, -0.1) is 0 Å². The van der Waals surface area contributed by atoms with Crippen LogP contribution in [0.2, 0.25) is 0 Å². The van der Waals surface area contributed by atoms with Crippen molar-refractivity contribution in [3.8, 4) is 5.75 Å². The number of alkyl halides is 1. The molecule has 4 rings (SSSR count). The summed E-state index contributed by atoms with van der Waals surface area (Å²) in [5.74, 6) is -3.28. The van der Waals surface area contributed by atoms with Gasteiger partial charge in [0, 0.05) is 0 Å². The molecule has 9 nitrogen and oxygen atoms in total. The zero-order chi connectivity index (χ0) is 23.0. The van der Waals surface area contributed by atoms with Crippen molar-refractivity contribution in [2.24, 2.45) is 17.1 Å². The van der Waals surface area contributed by atoms with Gasteiger partial charge in [-0.05, 0) is 0 Å². The number of hydrogen-bond donors (Lipinski definition) is 5. The van der Waals surface area contributed by atoms with E-state index in [1.54, 1.807) is 17.2 Å². The van der Waals surface area contributed by atoms with E-state index in [-0.39, 0.29) is 22.6 Å². The standard InChI is InChI=1S/C21H24IN3O6/c1-21-12(22(25(2)3)19(30)15(18(21)29)20(24)31)7-8-6-9-10(23)4-5-11(26)14(9)16(27)13(8)17(21)28/h4-5,8,12,26-27,29H,6-7,23H2,1-3H3,(H2,24,31)/t8?,12?,21-/m1/s1. The maximum absolute atomic E-state index is 13.8. The van der Waals surface area contributed by atoms with Crippen LogP contribution < -0.4 is 11.5 Å². The first-order valence-electron chi connectivity index (χ1n) is 9.65. The average Bonchev–Trinajstić information content (AvgIpc) is 2.67. The molecule has 166 valence electrons.